The predicted octanol–water partition coefficient (Wildman–Crippen LogP) is 4.17. The van der Waals surface area contributed by atoms with Crippen molar-refractivity contribution < 1.29 is 4.79 Å². The Morgan fingerprint density at radius 2 is 2.00 bits per heavy atom. The number of nitrogens with zero attached hydrogens (tertiary/aromatic N) is 2. The lowest BCUT2D eigenvalue weighted by molar-refractivity contribution is 0.0839. The first kappa shape index (κ1) is 14.9. The van der Waals surface area contributed by atoms with Gasteiger partial charge in [0.25, 0.3) is 0 Å². The first-order valence-electron chi connectivity index (χ1n) is 7.06. The van der Waals surface area contributed by atoms with Gasteiger partial charge in [0.2, 0.25) is 0 Å². The second kappa shape index (κ2) is 5.65. The lowest BCUT2D eigenvalue weighted by Crippen LogP contribution is -2.27. The average Bonchev–Trinajstić information content (AvgIpc) is 2.89. The molecule has 0 aliphatic rings. The Bertz CT molecular complexity index is 824. The van der Waals surface area contributed by atoms with Crippen LogP contribution in [-0.4, -0.2) is 20.7 Å². The van der Waals surface area contributed by atoms with Crippen LogP contribution in [0.4, 0.5) is 0 Å². The van der Waals surface area contributed by atoms with Crippen molar-refractivity contribution >= 4 is 32.9 Å². The number of benzene rings is 1. The van der Waals surface area contributed by atoms with Gasteiger partial charge < -0.3 is 4.98 Å². The molecule has 0 unspecified atom stereocenters. The number of fused-ring (bicyclic) bond motifs is 1. The maximum atomic E-state index is 13.0. The van der Waals surface area contributed by atoms with Gasteiger partial charge in [-0.25, -0.2) is 9.97 Å². The maximum absolute atomic E-state index is 13.0. The minimum atomic E-state index is -0.513. The van der Waals surface area contributed by atoms with Gasteiger partial charge in [-0.1, -0.05) is 44.2 Å². The summed E-state index contributed by atoms with van der Waals surface area (Å²) in [4.78, 5) is 24.6. The van der Waals surface area contributed by atoms with E-state index in [1.807, 2.05) is 44.2 Å². The van der Waals surface area contributed by atoms with Gasteiger partial charge in [0.15, 0.2) is 11.4 Å². The number of hydrogen-bond acceptors (Lipinski definition) is 3. The van der Waals surface area contributed by atoms with Crippen LogP contribution in [0.2, 0.25) is 0 Å². The fourth-order valence-corrected chi connectivity index (χ4v) is 2.87. The second-order valence-electron chi connectivity index (χ2n) is 5.97. The summed E-state index contributed by atoms with van der Waals surface area (Å²) in [5.41, 5.74) is 2.46. The zero-order valence-corrected chi connectivity index (χ0v) is 14.0. The first-order chi connectivity index (χ1) is 10.5. The molecular formula is C17H16BrN3O. The van der Waals surface area contributed by atoms with Crippen molar-refractivity contribution in [3.05, 3.63) is 58.5 Å². The molecule has 0 fully saturated rings. The van der Waals surface area contributed by atoms with Gasteiger partial charge in [-0.2, -0.15) is 0 Å². The largest absolute Gasteiger partial charge is 0.344 e. The standard InChI is InChI=1S/C17H16BrN3O/c1-17(2,8-11-6-4-3-5-7-11)15(22)12-9-19-16-14(12)21-13(18)10-20-16/h3-7,9-10H,8H2,1-2H3,(H,19,20). The molecule has 0 amide bonds. The van der Waals surface area contributed by atoms with Gasteiger partial charge in [-0.15, -0.1) is 0 Å². The highest BCUT2D eigenvalue weighted by Gasteiger charge is 2.31. The van der Waals surface area contributed by atoms with E-state index in [2.05, 4.69) is 30.9 Å². The molecule has 3 rings (SSSR count). The van der Waals surface area contributed by atoms with E-state index in [0.29, 0.717) is 27.8 Å². The molecule has 5 heteroatoms. The van der Waals surface area contributed by atoms with Crippen LogP contribution < -0.4 is 0 Å². The van der Waals surface area contributed by atoms with Gasteiger partial charge in [0, 0.05) is 11.6 Å². The zero-order chi connectivity index (χ0) is 15.7. The number of carbonyl (C=O) groups is 1. The summed E-state index contributed by atoms with van der Waals surface area (Å²) in [5.74, 6) is 0.0648. The van der Waals surface area contributed by atoms with Crippen molar-refractivity contribution in [1.82, 2.24) is 15.0 Å². The monoisotopic (exact) mass is 357 g/mol. The van der Waals surface area contributed by atoms with E-state index >= 15 is 0 Å². The Morgan fingerprint density at radius 3 is 2.73 bits per heavy atom. The van der Waals surface area contributed by atoms with Gasteiger partial charge in [-0.05, 0) is 27.9 Å². The summed E-state index contributed by atoms with van der Waals surface area (Å²) in [6.07, 6.45) is 4.00. The smallest absolute Gasteiger partial charge is 0.172 e. The summed E-state index contributed by atoms with van der Waals surface area (Å²) < 4.78 is 0.620. The highest BCUT2D eigenvalue weighted by atomic mass is 79.9. The third-order valence-corrected chi connectivity index (χ3v) is 4.08. The van der Waals surface area contributed by atoms with Crippen LogP contribution in [0.1, 0.15) is 29.8 Å². The molecule has 0 bridgehead atoms. The van der Waals surface area contributed by atoms with Crippen LogP contribution in [0.5, 0.6) is 0 Å². The molecule has 0 atom stereocenters. The third-order valence-electron chi connectivity index (χ3n) is 3.70. The molecule has 3 aromatic rings. The summed E-state index contributed by atoms with van der Waals surface area (Å²) in [7, 11) is 0. The molecule has 4 nitrogen and oxygen atoms in total. The fraction of sp³-hybridized carbons (Fsp3) is 0.235. The molecule has 0 saturated carbocycles. The number of carbonyl (C=O) groups excluding carboxylic acids is 1. The van der Waals surface area contributed by atoms with Crippen molar-refractivity contribution in [1.29, 1.82) is 0 Å². The van der Waals surface area contributed by atoms with Crippen molar-refractivity contribution in [2.75, 3.05) is 0 Å². The summed E-state index contributed by atoms with van der Waals surface area (Å²) in [5, 5.41) is 0. The molecule has 0 radical (unpaired) electrons. The summed E-state index contributed by atoms with van der Waals surface area (Å²) in [6, 6.07) is 10.0. The fourth-order valence-electron chi connectivity index (χ4n) is 2.59. The van der Waals surface area contributed by atoms with Gasteiger partial charge in [0.1, 0.15) is 10.1 Å². The summed E-state index contributed by atoms with van der Waals surface area (Å²) in [6.45, 7) is 3.93. The number of Topliss-reactive ketones (excluding diaryl/α,β-unsaturated/α-hetero) is 1. The van der Waals surface area contributed by atoms with Crippen molar-refractivity contribution in [2.24, 2.45) is 5.41 Å². The lowest BCUT2D eigenvalue weighted by Gasteiger charge is -2.22. The number of aromatic nitrogens is 3. The van der Waals surface area contributed by atoms with Gasteiger partial charge in [-0.3, -0.25) is 4.79 Å². The first-order valence-corrected chi connectivity index (χ1v) is 7.85. The van der Waals surface area contributed by atoms with Crippen molar-refractivity contribution in [3.63, 3.8) is 0 Å². The number of halogens is 1. The quantitative estimate of drug-likeness (QED) is 0.712. The molecule has 1 N–H and O–H groups in total. The maximum Gasteiger partial charge on any atom is 0.172 e. The topological polar surface area (TPSA) is 58.6 Å². The van der Waals surface area contributed by atoms with Crippen LogP contribution in [0.3, 0.4) is 0 Å². The van der Waals surface area contributed by atoms with E-state index in [0.717, 1.165) is 5.56 Å². The molecule has 0 saturated heterocycles. The molecule has 112 valence electrons. The number of rotatable bonds is 4. The van der Waals surface area contributed by atoms with Crippen LogP contribution in [0.15, 0.2) is 47.3 Å². The number of nitrogens with one attached hydrogen (secondary N) is 1. The Kier molecular flexibility index (Phi) is 3.83. The molecular weight excluding hydrogens is 342 g/mol. The van der Waals surface area contributed by atoms with Gasteiger partial charge in [0.05, 0.1) is 11.8 Å². The molecule has 2 heterocycles. The van der Waals surface area contributed by atoms with E-state index in [1.54, 1.807) is 12.4 Å². The average molecular weight is 358 g/mol. The Balaban J connectivity index is 1.96. The normalized spacial score (nSPS) is 11.8. The number of hydrogen-bond donors (Lipinski definition) is 1. The third kappa shape index (κ3) is 2.81. The molecule has 1 aromatic carbocycles. The molecule has 0 aliphatic heterocycles. The lowest BCUT2D eigenvalue weighted by atomic mass is 9.79. The summed E-state index contributed by atoms with van der Waals surface area (Å²) >= 11 is 3.31. The minimum Gasteiger partial charge on any atom is -0.344 e. The number of H-pyrrole nitrogens is 1. The Hall–Kier alpha value is -2.01. The van der Waals surface area contributed by atoms with E-state index < -0.39 is 5.41 Å². The molecule has 0 aliphatic carbocycles. The molecule has 22 heavy (non-hydrogen) atoms. The van der Waals surface area contributed by atoms with Crippen LogP contribution >= 0.6 is 15.9 Å². The Morgan fingerprint density at radius 1 is 1.27 bits per heavy atom. The molecule has 0 spiro atoms. The second-order valence-corrected chi connectivity index (χ2v) is 6.78. The van der Waals surface area contributed by atoms with E-state index in [9.17, 15) is 4.79 Å². The van der Waals surface area contributed by atoms with Crippen molar-refractivity contribution in [3.8, 4) is 0 Å². The Labute approximate surface area is 137 Å². The SMILES string of the molecule is CC(C)(Cc1ccccc1)C(=O)c1c[nH]c2ncc(Br)nc12. The minimum absolute atomic E-state index is 0.0648. The highest BCUT2D eigenvalue weighted by Crippen LogP contribution is 2.29. The number of aromatic amines is 1. The predicted molar refractivity (Wildman–Crippen MR) is 89.8 cm³/mol. The number of ketones is 1. The van der Waals surface area contributed by atoms with Crippen LogP contribution in [0, 0.1) is 5.41 Å². The van der Waals surface area contributed by atoms with Crippen LogP contribution in [-0.2, 0) is 6.42 Å². The van der Waals surface area contributed by atoms with E-state index in [-0.39, 0.29) is 5.78 Å². The zero-order valence-electron chi connectivity index (χ0n) is 12.4. The molecule has 2 aromatic heterocycles. The van der Waals surface area contributed by atoms with Gasteiger partial charge >= 0.3 is 0 Å². The van der Waals surface area contributed by atoms with E-state index in [1.165, 1.54) is 0 Å². The van der Waals surface area contributed by atoms with Crippen LogP contribution in [0.25, 0.3) is 11.2 Å². The highest BCUT2D eigenvalue weighted by molar-refractivity contribution is 9.10. The van der Waals surface area contributed by atoms with E-state index in [4.69, 9.17) is 0 Å². The van der Waals surface area contributed by atoms with Crippen molar-refractivity contribution in [2.45, 2.75) is 20.3 Å².